The number of hydrogen-bond acceptors (Lipinski definition) is 5. The monoisotopic (exact) mass is 284 g/mol. The normalized spacial score (nSPS) is 10.8. The maximum atomic E-state index is 5.85. The van der Waals surface area contributed by atoms with Crippen LogP contribution in [0.3, 0.4) is 0 Å². The number of nitrogens with two attached hydrogens (primary N) is 1. The molecular weight excluding hydrogens is 268 g/mol. The quantitative estimate of drug-likeness (QED) is 0.794. The van der Waals surface area contributed by atoms with E-state index in [1.165, 1.54) is 0 Å². The molecule has 0 aliphatic rings. The molecule has 2 aromatic heterocycles. The molecule has 6 heteroatoms. The summed E-state index contributed by atoms with van der Waals surface area (Å²) in [5.74, 6) is 2.01. The van der Waals surface area contributed by atoms with E-state index in [4.69, 9.17) is 15.2 Å². The number of hydrogen-bond donors (Lipinski definition) is 1. The third-order valence-corrected chi connectivity index (χ3v) is 3.42. The average Bonchev–Trinajstić information content (AvgIpc) is 2.92. The molecule has 3 rings (SSSR count). The van der Waals surface area contributed by atoms with Crippen LogP contribution in [0.2, 0.25) is 0 Å². The topological polar surface area (TPSA) is 75.2 Å². The smallest absolute Gasteiger partial charge is 0.134 e. The van der Waals surface area contributed by atoms with Crippen molar-refractivity contribution in [1.82, 2.24) is 14.8 Å². The first-order valence-corrected chi connectivity index (χ1v) is 6.50. The fraction of sp³-hybridized carbons (Fsp3) is 0.200. The van der Waals surface area contributed by atoms with E-state index < -0.39 is 0 Å². The van der Waals surface area contributed by atoms with Gasteiger partial charge >= 0.3 is 0 Å². The second-order valence-electron chi connectivity index (χ2n) is 4.61. The minimum absolute atomic E-state index is 0.487. The molecule has 21 heavy (non-hydrogen) atoms. The van der Waals surface area contributed by atoms with Crippen LogP contribution in [0.5, 0.6) is 11.5 Å². The lowest BCUT2D eigenvalue weighted by Gasteiger charge is -2.11. The number of nitrogens with zero attached hydrogens (tertiary/aromatic N) is 3. The van der Waals surface area contributed by atoms with Crippen molar-refractivity contribution in [2.75, 3.05) is 20.0 Å². The zero-order valence-corrected chi connectivity index (χ0v) is 11.9. The van der Waals surface area contributed by atoms with E-state index in [1.54, 1.807) is 26.6 Å². The average molecular weight is 284 g/mol. The molecule has 6 nitrogen and oxygen atoms in total. The van der Waals surface area contributed by atoms with E-state index in [2.05, 4.69) is 10.1 Å². The number of anilines is 1. The van der Waals surface area contributed by atoms with Gasteiger partial charge in [-0.25, -0.2) is 4.98 Å². The second kappa shape index (κ2) is 5.32. The first-order valence-electron chi connectivity index (χ1n) is 6.50. The first kappa shape index (κ1) is 13.2. The Labute approximate surface area is 122 Å². The molecule has 1 aromatic carbocycles. The molecule has 108 valence electrons. The highest BCUT2D eigenvalue weighted by atomic mass is 16.5. The lowest BCUT2D eigenvalue weighted by molar-refractivity contribution is 0.390. The number of nitrogen functional groups attached to an aromatic ring is 1. The lowest BCUT2D eigenvalue weighted by atomic mass is 10.2. The van der Waals surface area contributed by atoms with Crippen LogP contribution in [-0.4, -0.2) is 29.0 Å². The number of methoxy groups -OCH3 is 2. The fourth-order valence-electron chi connectivity index (χ4n) is 2.30. The SMILES string of the molecule is COc1ccc(Cn2ncc3c(N)nccc32)c(OC)c1. The zero-order chi connectivity index (χ0) is 14.8. The molecule has 0 saturated carbocycles. The van der Waals surface area contributed by atoms with Gasteiger partial charge in [0.2, 0.25) is 0 Å². The Hall–Kier alpha value is -2.76. The van der Waals surface area contributed by atoms with Gasteiger partial charge < -0.3 is 15.2 Å². The van der Waals surface area contributed by atoms with Crippen molar-refractivity contribution >= 4 is 16.7 Å². The number of rotatable bonds is 4. The number of ether oxygens (including phenoxy) is 2. The predicted molar refractivity (Wildman–Crippen MR) is 80.6 cm³/mol. The van der Waals surface area contributed by atoms with Crippen LogP contribution in [-0.2, 0) is 6.54 Å². The third kappa shape index (κ3) is 2.35. The molecule has 0 fully saturated rings. The van der Waals surface area contributed by atoms with Crippen LogP contribution >= 0.6 is 0 Å². The Bertz CT molecular complexity index is 782. The maximum Gasteiger partial charge on any atom is 0.134 e. The van der Waals surface area contributed by atoms with Gasteiger partial charge in [0.15, 0.2) is 0 Å². The number of pyridine rings is 1. The second-order valence-corrected chi connectivity index (χ2v) is 4.61. The van der Waals surface area contributed by atoms with Crippen LogP contribution in [0, 0.1) is 0 Å². The van der Waals surface area contributed by atoms with Crippen LogP contribution < -0.4 is 15.2 Å². The van der Waals surface area contributed by atoms with E-state index in [0.29, 0.717) is 12.4 Å². The minimum Gasteiger partial charge on any atom is -0.497 e. The van der Waals surface area contributed by atoms with Crippen LogP contribution in [0.4, 0.5) is 5.82 Å². The summed E-state index contributed by atoms with van der Waals surface area (Å²) in [4.78, 5) is 4.07. The predicted octanol–water partition coefficient (Wildman–Crippen LogP) is 2.08. The summed E-state index contributed by atoms with van der Waals surface area (Å²) in [6.07, 6.45) is 3.41. The van der Waals surface area contributed by atoms with Crippen molar-refractivity contribution in [2.24, 2.45) is 0 Å². The highest BCUT2D eigenvalue weighted by Crippen LogP contribution is 2.26. The Morgan fingerprint density at radius 3 is 2.81 bits per heavy atom. The van der Waals surface area contributed by atoms with Gasteiger partial charge in [0.1, 0.15) is 17.3 Å². The molecule has 0 bridgehead atoms. The molecule has 0 amide bonds. The van der Waals surface area contributed by atoms with Crippen molar-refractivity contribution in [1.29, 1.82) is 0 Å². The van der Waals surface area contributed by atoms with Crippen molar-refractivity contribution in [3.8, 4) is 11.5 Å². The van der Waals surface area contributed by atoms with Gasteiger partial charge in [-0.3, -0.25) is 4.68 Å². The van der Waals surface area contributed by atoms with Gasteiger partial charge in [-0.1, -0.05) is 0 Å². The molecular formula is C15H16N4O2. The molecule has 0 aliphatic heterocycles. The van der Waals surface area contributed by atoms with Crippen LogP contribution in [0.15, 0.2) is 36.7 Å². The molecule has 0 aliphatic carbocycles. The van der Waals surface area contributed by atoms with Crippen LogP contribution in [0.1, 0.15) is 5.56 Å². The highest BCUT2D eigenvalue weighted by molar-refractivity contribution is 5.87. The van der Waals surface area contributed by atoms with E-state index in [0.717, 1.165) is 28.0 Å². The zero-order valence-electron chi connectivity index (χ0n) is 11.9. The molecule has 2 N–H and O–H groups in total. The molecule has 0 atom stereocenters. The standard InChI is InChI=1S/C15H16N4O2/c1-20-11-4-3-10(14(7-11)21-2)9-19-13-5-6-17-15(16)12(13)8-18-19/h3-8H,9H2,1-2H3,(H2,16,17). The number of aromatic nitrogens is 3. The van der Waals surface area contributed by atoms with Crippen molar-refractivity contribution < 1.29 is 9.47 Å². The van der Waals surface area contributed by atoms with Gasteiger partial charge in [-0.05, 0) is 18.2 Å². The Morgan fingerprint density at radius 2 is 2.05 bits per heavy atom. The summed E-state index contributed by atoms with van der Waals surface area (Å²) < 4.78 is 12.5. The Balaban J connectivity index is 2.01. The van der Waals surface area contributed by atoms with Crippen molar-refractivity contribution in [3.63, 3.8) is 0 Å². The third-order valence-electron chi connectivity index (χ3n) is 3.42. The molecule has 3 aromatic rings. The van der Waals surface area contributed by atoms with E-state index in [1.807, 2.05) is 28.9 Å². The van der Waals surface area contributed by atoms with Gasteiger partial charge in [-0.15, -0.1) is 0 Å². The van der Waals surface area contributed by atoms with E-state index in [9.17, 15) is 0 Å². The summed E-state index contributed by atoms with van der Waals surface area (Å²) >= 11 is 0. The largest absolute Gasteiger partial charge is 0.497 e. The number of fused-ring (bicyclic) bond motifs is 1. The van der Waals surface area contributed by atoms with Crippen molar-refractivity contribution in [2.45, 2.75) is 6.54 Å². The van der Waals surface area contributed by atoms with Gasteiger partial charge in [0, 0.05) is 17.8 Å². The molecule has 0 saturated heterocycles. The summed E-state index contributed by atoms with van der Waals surface area (Å²) in [5.41, 5.74) is 7.81. The molecule has 0 unspecified atom stereocenters. The van der Waals surface area contributed by atoms with Gasteiger partial charge in [0.25, 0.3) is 0 Å². The molecule has 0 spiro atoms. The fourth-order valence-corrected chi connectivity index (χ4v) is 2.30. The number of benzene rings is 1. The van der Waals surface area contributed by atoms with Crippen molar-refractivity contribution in [3.05, 3.63) is 42.2 Å². The summed E-state index contributed by atoms with van der Waals surface area (Å²) in [6.45, 7) is 0.583. The van der Waals surface area contributed by atoms with E-state index in [-0.39, 0.29) is 0 Å². The summed E-state index contributed by atoms with van der Waals surface area (Å²) in [5, 5.41) is 5.23. The lowest BCUT2D eigenvalue weighted by Crippen LogP contribution is -2.04. The Kier molecular flexibility index (Phi) is 3.35. The van der Waals surface area contributed by atoms with E-state index >= 15 is 0 Å². The summed E-state index contributed by atoms with van der Waals surface area (Å²) in [6, 6.07) is 7.63. The first-order chi connectivity index (χ1) is 10.2. The Morgan fingerprint density at radius 1 is 1.19 bits per heavy atom. The highest BCUT2D eigenvalue weighted by Gasteiger charge is 2.10. The summed E-state index contributed by atoms with van der Waals surface area (Å²) in [7, 11) is 3.27. The molecule has 2 heterocycles. The van der Waals surface area contributed by atoms with Gasteiger partial charge in [0.05, 0.1) is 37.9 Å². The van der Waals surface area contributed by atoms with Crippen LogP contribution in [0.25, 0.3) is 10.9 Å². The minimum atomic E-state index is 0.487. The maximum absolute atomic E-state index is 5.85. The molecule has 0 radical (unpaired) electrons. The van der Waals surface area contributed by atoms with Gasteiger partial charge in [-0.2, -0.15) is 5.10 Å².